The van der Waals surface area contributed by atoms with Crippen LogP contribution in [0.5, 0.6) is 0 Å². The SMILES string of the molecule is CNC(=S)NCc1nc(C)no1. The zero-order valence-electron chi connectivity index (χ0n) is 6.92. The summed E-state index contributed by atoms with van der Waals surface area (Å²) in [6.45, 7) is 2.23. The summed E-state index contributed by atoms with van der Waals surface area (Å²) in [6.07, 6.45) is 0. The number of hydrogen-bond acceptors (Lipinski definition) is 4. The van der Waals surface area contributed by atoms with Crippen molar-refractivity contribution in [2.24, 2.45) is 0 Å². The van der Waals surface area contributed by atoms with Crippen LogP contribution in [0.3, 0.4) is 0 Å². The van der Waals surface area contributed by atoms with Crippen LogP contribution in [-0.4, -0.2) is 22.3 Å². The summed E-state index contributed by atoms with van der Waals surface area (Å²) in [5, 5.41) is 9.85. The van der Waals surface area contributed by atoms with Crippen LogP contribution in [0.25, 0.3) is 0 Å². The first-order chi connectivity index (χ1) is 5.72. The standard InChI is InChI=1S/C6H10N4OS/c1-4-9-5(11-10-4)3-8-6(12)7-2/h3H2,1-2H3,(H2,7,8,12). The van der Waals surface area contributed by atoms with Gasteiger partial charge in [-0.15, -0.1) is 0 Å². The van der Waals surface area contributed by atoms with Gasteiger partial charge in [0, 0.05) is 7.05 Å². The van der Waals surface area contributed by atoms with E-state index in [1.165, 1.54) is 0 Å². The Labute approximate surface area is 75.5 Å². The van der Waals surface area contributed by atoms with Crippen molar-refractivity contribution < 1.29 is 4.52 Å². The molecule has 0 atom stereocenters. The first-order valence-electron chi connectivity index (χ1n) is 3.47. The molecule has 1 aromatic heterocycles. The summed E-state index contributed by atoms with van der Waals surface area (Å²) < 4.78 is 4.85. The van der Waals surface area contributed by atoms with Gasteiger partial charge in [0.1, 0.15) is 0 Å². The molecule has 0 aromatic carbocycles. The van der Waals surface area contributed by atoms with Crippen molar-refractivity contribution in [2.75, 3.05) is 7.05 Å². The lowest BCUT2D eigenvalue weighted by molar-refractivity contribution is 0.372. The smallest absolute Gasteiger partial charge is 0.246 e. The number of hydrogen-bond donors (Lipinski definition) is 2. The molecule has 0 aliphatic heterocycles. The van der Waals surface area contributed by atoms with Crippen molar-refractivity contribution >= 4 is 17.3 Å². The summed E-state index contributed by atoms with van der Waals surface area (Å²) in [5.74, 6) is 1.16. The summed E-state index contributed by atoms with van der Waals surface area (Å²) in [4.78, 5) is 3.99. The number of aryl methyl sites for hydroxylation is 1. The predicted octanol–water partition coefficient (Wildman–Crippen LogP) is -0.0281. The third-order valence-corrected chi connectivity index (χ3v) is 1.55. The van der Waals surface area contributed by atoms with Crippen LogP contribution in [0.4, 0.5) is 0 Å². The van der Waals surface area contributed by atoms with Crippen molar-refractivity contribution in [3.05, 3.63) is 11.7 Å². The van der Waals surface area contributed by atoms with E-state index in [4.69, 9.17) is 16.7 Å². The Morgan fingerprint density at radius 2 is 2.42 bits per heavy atom. The number of rotatable bonds is 2. The molecule has 0 amide bonds. The Morgan fingerprint density at radius 1 is 1.67 bits per heavy atom. The van der Waals surface area contributed by atoms with Gasteiger partial charge < -0.3 is 15.2 Å². The van der Waals surface area contributed by atoms with Crippen LogP contribution < -0.4 is 10.6 Å². The average Bonchev–Trinajstić information content (AvgIpc) is 2.47. The molecule has 0 unspecified atom stereocenters. The average molecular weight is 186 g/mol. The number of nitrogens with zero attached hydrogens (tertiary/aromatic N) is 2. The predicted molar refractivity (Wildman–Crippen MR) is 47.5 cm³/mol. The van der Waals surface area contributed by atoms with Crippen molar-refractivity contribution in [3.8, 4) is 0 Å². The largest absolute Gasteiger partial charge is 0.366 e. The fourth-order valence-electron chi connectivity index (χ4n) is 0.656. The highest BCUT2D eigenvalue weighted by Crippen LogP contribution is 1.93. The maximum atomic E-state index is 4.85. The van der Waals surface area contributed by atoms with Crippen molar-refractivity contribution in [2.45, 2.75) is 13.5 Å². The minimum atomic E-state index is 0.459. The Balaban J connectivity index is 2.38. The van der Waals surface area contributed by atoms with Crippen LogP contribution in [-0.2, 0) is 6.54 Å². The molecule has 6 heteroatoms. The van der Waals surface area contributed by atoms with E-state index in [0.29, 0.717) is 23.4 Å². The zero-order valence-corrected chi connectivity index (χ0v) is 7.73. The second-order valence-electron chi connectivity index (χ2n) is 2.17. The van der Waals surface area contributed by atoms with Gasteiger partial charge in [-0.3, -0.25) is 0 Å². The third kappa shape index (κ3) is 2.46. The van der Waals surface area contributed by atoms with Gasteiger partial charge in [0.15, 0.2) is 10.9 Å². The fourth-order valence-corrected chi connectivity index (χ4v) is 0.728. The molecule has 12 heavy (non-hydrogen) atoms. The highest BCUT2D eigenvalue weighted by atomic mass is 32.1. The summed E-state index contributed by atoms with van der Waals surface area (Å²) in [5.41, 5.74) is 0. The first kappa shape index (κ1) is 8.92. The highest BCUT2D eigenvalue weighted by Gasteiger charge is 2.01. The van der Waals surface area contributed by atoms with Crippen LogP contribution in [0.2, 0.25) is 0 Å². The lowest BCUT2D eigenvalue weighted by Crippen LogP contribution is -2.31. The zero-order chi connectivity index (χ0) is 8.97. The summed E-state index contributed by atoms with van der Waals surface area (Å²) in [7, 11) is 1.74. The molecule has 0 fully saturated rings. The number of nitrogens with one attached hydrogen (secondary N) is 2. The minimum absolute atomic E-state index is 0.459. The molecular formula is C6H10N4OS. The van der Waals surface area contributed by atoms with Crippen LogP contribution in [0.15, 0.2) is 4.52 Å². The van der Waals surface area contributed by atoms with Gasteiger partial charge in [-0.2, -0.15) is 4.98 Å². The minimum Gasteiger partial charge on any atom is -0.366 e. The Bertz CT molecular complexity index is 272. The van der Waals surface area contributed by atoms with E-state index < -0.39 is 0 Å². The van der Waals surface area contributed by atoms with Gasteiger partial charge in [0.25, 0.3) is 0 Å². The molecule has 66 valence electrons. The molecule has 0 bridgehead atoms. The van der Waals surface area contributed by atoms with E-state index in [0.717, 1.165) is 0 Å². The van der Waals surface area contributed by atoms with Crippen LogP contribution in [0.1, 0.15) is 11.7 Å². The van der Waals surface area contributed by atoms with Crippen LogP contribution in [0, 0.1) is 6.92 Å². The normalized spacial score (nSPS) is 9.50. The Hall–Kier alpha value is -1.17. The maximum Gasteiger partial charge on any atom is 0.246 e. The van der Waals surface area contributed by atoms with E-state index in [-0.39, 0.29) is 0 Å². The van der Waals surface area contributed by atoms with E-state index in [1.807, 2.05) is 0 Å². The van der Waals surface area contributed by atoms with Gasteiger partial charge in [-0.1, -0.05) is 5.16 Å². The second-order valence-corrected chi connectivity index (χ2v) is 2.58. The molecule has 0 aliphatic carbocycles. The summed E-state index contributed by atoms with van der Waals surface area (Å²) >= 11 is 4.85. The lowest BCUT2D eigenvalue weighted by atomic mass is 10.6. The lowest BCUT2D eigenvalue weighted by Gasteiger charge is -2.02. The molecule has 5 nitrogen and oxygen atoms in total. The molecule has 0 radical (unpaired) electrons. The van der Waals surface area contributed by atoms with E-state index in [9.17, 15) is 0 Å². The van der Waals surface area contributed by atoms with Gasteiger partial charge in [0.2, 0.25) is 5.89 Å². The molecular weight excluding hydrogens is 176 g/mol. The van der Waals surface area contributed by atoms with Gasteiger partial charge in [-0.05, 0) is 19.1 Å². The van der Waals surface area contributed by atoms with E-state index in [1.54, 1.807) is 14.0 Å². The molecule has 0 aliphatic rings. The van der Waals surface area contributed by atoms with Crippen LogP contribution >= 0.6 is 12.2 Å². The number of aromatic nitrogens is 2. The molecule has 1 heterocycles. The molecule has 1 rings (SSSR count). The number of thiocarbonyl (C=S) groups is 1. The quantitative estimate of drug-likeness (QED) is 0.632. The first-order valence-corrected chi connectivity index (χ1v) is 3.88. The Morgan fingerprint density at radius 3 is 2.92 bits per heavy atom. The Kier molecular flexibility index (Phi) is 2.98. The van der Waals surface area contributed by atoms with Gasteiger partial charge in [0.05, 0.1) is 6.54 Å². The van der Waals surface area contributed by atoms with Gasteiger partial charge in [-0.25, -0.2) is 0 Å². The van der Waals surface area contributed by atoms with E-state index >= 15 is 0 Å². The second kappa shape index (κ2) is 4.01. The van der Waals surface area contributed by atoms with Crippen molar-refractivity contribution in [1.29, 1.82) is 0 Å². The molecule has 1 aromatic rings. The monoisotopic (exact) mass is 186 g/mol. The molecule has 0 saturated heterocycles. The van der Waals surface area contributed by atoms with Crippen molar-refractivity contribution in [1.82, 2.24) is 20.8 Å². The molecule has 2 N–H and O–H groups in total. The maximum absolute atomic E-state index is 4.85. The fraction of sp³-hybridized carbons (Fsp3) is 0.500. The van der Waals surface area contributed by atoms with Crippen molar-refractivity contribution in [3.63, 3.8) is 0 Å². The van der Waals surface area contributed by atoms with Gasteiger partial charge >= 0.3 is 0 Å². The third-order valence-electron chi connectivity index (χ3n) is 1.20. The van der Waals surface area contributed by atoms with E-state index in [2.05, 4.69) is 20.8 Å². The topological polar surface area (TPSA) is 63.0 Å². The molecule has 0 saturated carbocycles. The molecule has 0 spiro atoms. The highest BCUT2D eigenvalue weighted by molar-refractivity contribution is 7.80. The summed E-state index contributed by atoms with van der Waals surface area (Å²) in [6, 6.07) is 0.